The molecule has 0 unspecified atom stereocenters. The van der Waals surface area contributed by atoms with Crippen LogP contribution >= 0.6 is 27.5 Å². The van der Waals surface area contributed by atoms with Crippen molar-refractivity contribution in [2.75, 3.05) is 6.54 Å². The van der Waals surface area contributed by atoms with E-state index in [1.54, 1.807) is 13.0 Å². The fourth-order valence-corrected chi connectivity index (χ4v) is 1.31. The molecule has 0 spiro atoms. The van der Waals surface area contributed by atoms with E-state index in [1.165, 1.54) is 6.20 Å². The van der Waals surface area contributed by atoms with Crippen LogP contribution in [0.2, 0.25) is 5.15 Å². The first-order valence-corrected chi connectivity index (χ1v) is 5.31. The minimum Gasteiger partial charge on any atom is -0.341 e. The predicted octanol–water partition coefficient (Wildman–Crippen LogP) is 2.25. The molecule has 0 saturated carbocycles. The molecule has 1 aromatic heterocycles. The smallest absolute Gasteiger partial charge is 0.253 e. The van der Waals surface area contributed by atoms with Gasteiger partial charge in [0.15, 0.2) is 0 Å². The molecule has 0 bridgehead atoms. The number of amides is 1. The van der Waals surface area contributed by atoms with E-state index in [-0.39, 0.29) is 5.91 Å². The molecule has 0 aliphatic rings. The molecule has 5 heteroatoms. The summed E-state index contributed by atoms with van der Waals surface area (Å²) in [6.07, 6.45) is 1.42. The second kappa shape index (κ2) is 5.74. The van der Waals surface area contributed by atoms with Crippen LogP contribution in [-0.2, 0) is 0 Å². The van der Waals surface area contributed by atoms with Gasteiger partial charge in [-0.2, -0.15) is 0 Å². The summed E-state index contributed by atoms with van der Waals surface area (Å²) < 4.78 is 0.596. The van der Waals surface area contributed by atoms with Gasteiger partial charge in [-0.1, -0.05) is 17.5 Å². The summed E-state index contributed by atoms with van der Waals surface area (Å²) in [5.41, 5.74) is 0.448. The first kappa shape index (κ1) is 12.0. The predicted molar refractivity (Wildman–Crippen MR) is 62.7 cm³/mol. The average Bonchev–Trinajstić information content (AvgIpc) is 2.22. The molecule has 1 rings (SSSR count). The summed E-state index contributed by atoms with van der Waals surface area (Å²) in [6.45, 7) is 2.04. The maximum Gasteiger partial charge on any atom is 0.253 e. The zero-order valence-corrected chi connectivity index (χ0v) is 10.3. The number of carbonyl (C=O) groups is 1. The van der Waals surface area contributed by atoms with Crippen LogP contribution in [0, 0.1) is 11.8 Å². The van der Waals surface area contributed by atoms with Crippen molar-refractivity contribution >= 4 is 33.4 Å². The minimum absolute atomic E-state index is 0.220. The third-order valence-electron chi connectivity index (χ3n) is 1.57. The molecule has 0 aliphatic heterocycles. The number of rotatable bonds is 2. The van der Waals surface area contributed by atoms with Gasteiger partial charge in [0, 0.05) is 6.20 Å². The Balaban J connectivity index is 2.72. The molecule has 0 fully saturated rings. The summed E-state index contributed by atoms with van der Waals surface area (Å²) in [5.74, 6) is 5.20. The zero-order chi connectivity index (χ0) is 11.3. The van der Waals surface area contributed by atoms with Gasteiger partial charge in [-0.05, 0) is 28.9 Å². The van der Waals surface area contributed by atoms with E-state index in [1.807, 2.05) is 0 Å². The van der Waals surface area contributed by atoms with Crippen molar-refractivity contribution in [3.8, 4) is 11.8 Å². The number of halogens is 2. The normalized spacial score (nSPS) is 9.00. The van der Waals surface area contributed by atoms with Crippen molar-refractivity contribution in [1.29, 1.82) is 0 Å². The van der Waals surface area contributed by atoms with Crippen LogP contribution in [0.3, 0.4) is 0 Å². The third kappa shape index (κ3) is 3.54. The lowest BCUT2D eigenvalue weighted by molar-refractivity contribution is 0.0958. The van der Waals surface area contributed by atoms with Gasteiger partial charge >= 0.3 is 0 Å². The Morgan fingerprint density at radius 1 is 1.73 bits per heavy atom. The van der Waals surface area contributed by atoms with Crippen molar-refractivity contribution in [3.05, 3.63) is 27.5 Å². The molecule has 15 heavy (non-hydrogen) atoms. The molecule has 1 aromatic rings. The second-order valence-electron chi connectivity index (χ2n) is 2.61. The van der Waals surface area contributed by atoms with Gasteiger partial charge in [-0.15, -0.1) is 5.92 Å². The highest BCUT2D eigenvalue weighted by molar-refractivity contribution is 9.10. The Hall–Kier alpha value is -1.05. The largest absolute Gasteiger partial charge is 0.341 e. The van der Waals surface area contributed by atoms with Crippen LogP contribution in [0.15, 0.2) is 16.7 Å². The van der Waals surface area contributed by atoms with Crippen molar-refractivity contribution in [3.63, 3.8) is 0 Å². The Kier molecular flexibility index (Phi) is 4.60. The lowest BCUT2D eigenvalue weighted by Crippen LogP contribution is -2.23. The topological polar surface area (TPSA) is 42.0 Å². The van der Waals surface area contributed by atoms with Crippen LogP contribution in [0.5, 0.6) is 0 Å². The lowest BCUT2D eigenvalue weighted by atomic mass is 10.3. The van der Waals surface area contributed by atoms with Crippen LogP contribution in [0.1, 0.15) is 17.3 Å². The molecule has 0 radical (unpaired) electrons. The molecule has 0 saturated heterocycles. The molecular weight excluding hydrogens is 279 g/mol. The summed E-state index contributed by atoms with van der Waals surface area (Å²) in [6, 6.07) is 1.62. The van der Waals surface area contributed by atoms with E-state index in [4.69, 9.17) is 11.6 Å². The monoisotopic (exact) mass is 286 g/mol. The number of hydrogen-bond donors (Lipinski definition) is 1. The van der Waals surface area contributed by atoms with Gasteiger partial charge in [-0.3, -0.25) is 4.79 Å². The molecule has 1 heterocycles. The van der Waals surface area contributed by atoms with Gasteiger partial charge in [0.2, 0.25) is 0 Å². The van der Waals surface area contributed by atoms with Gasteiger partial charge < -0.3 is 5.32 Å². The Bertz CT molecular complexity index is 437. The van der Waals surface area contributed by atoms with Gasteiger partial charge in [0.25, 0.3) is 5.91 Å². The van der Waals surface area contributed by atoms with Crippen molar-refractivity contribution < 1.29 is 4.79 Å². The number of aromatic nitrogens is 1. The molecule has 0 aliphatic carbocycles. The van der Waals surface area contributed by atoms with Crippen LogP contribution in [-0.4, -0.2) is 17.4 Å². The second-order valence-corrected chi connectivity index (χ2v) is 3.82. The Labute approximate surface area is 101 Å². The minimum atomic E-state index is -0.220. The quantitative estimate of drug-likeness (QED) is 0.669. The summed E-state index contributed by atoms with van der Waals surface area (Å²) in [7, 11) is 0. The summed E-state index contributed by atoms with van der Waals surface area (Å²) in [5, 5.41) is 2.96. The number of carbonyl (C=O) groups excluding carboxylic acids is 1. The first-order valence-electron chi connectivity index (χ1n) is 4.14. The van der Waals surface area contributed by atoms with E-state index in [0.717, 1.165) is 0 Å². The average molecular weight is 288 g/mol. The van der Waals surface area contributed by atoms with Gasteiger partial charge in [-0.25, -0.2) is 4.98 Å². The molecule has 1 amide bonds. The summed E-state index contributed by atoms with van der Waals surface area (Å²) in [4.78, 5) is 15.3. The molecule has 0 aromatic carbocycles. The van der Waals surface area contributed by atoms with Crippen LogP contribution in [0.4, 0.5) is 0 Å². The highest BCUT2D eigenvalue weighted by Crippen LogP contribution is 2.20. The Morgan fingerprint density at radius 2 is 2.47 bits per heavy atom. The standard InChI is InChI=1S/C10H8BrClN2O/c1-2-3-4-13-10(15)7-5-8(11)9(12)14-6-7/h5-6H,4H2,1H3,(H,13,15). The van der Waals surface area contributed by atoms with E-state index in [2.05, 4.69) is 38.1 Å². The number of nitrogens with zero attached hydrogens (tertiary/aromatic N) is 1. The van der Waals surface area contributed by atoms with Gasteiger partial charge in [0.1, 0.15) is 5.15 Å². The number of pyridine rings is 1. The third-order valence-corrected chi connectivity index (χ3v) is 2.71. The highest BCUT2D eigenvalue weighted by atomic mass is 79.9. The molecule has 1 N–H and O–H groups in total. The van der Waals surface area contributed by atoms with Crippen LogP contribution in [0.25, 0.3) is 0 Å². The van der Waals surface area contributed by atoms with E-state index >= 15 is 0 Å². The maximum absolute atomic E-state index is 11.5. The first-order chi connectivity index (χ1) is 7.15. The maximum atomic E-state index is 11.5. The van der Waals surface area contributed by atoms with Crippen LogP contribution < -0.4 is 5.32 Å². The summed E-state index contributed by atoms with van der Waals surface area (Å²) >= 11 is 8.89. The molecule has 78 valence electrons. The van der Waals surface area contributed by atoms with Crippen molar-refractivity contribution in [2.45, 2.75) is 6.92 Å². The highest BCUT2D eigenvalue weighted by Gasteiger charge is 2.07. The fourth-order valence-electron chi connectivity index (χ4n) is 0.860. The zero-order valence-electron chi connectivity index (χ0n) is 7.97. The molecule has 3 nitrogen and oxygen atoms in total. The van der Waals surface area contributed by atoms with Crippen molar-refractivity contribution in [1.82, 2.24) is 10.3 Å². The van der Waals surface area contributed by atoms with Gasteiger partial charge in [0.05, 0.1) is 16.6 Å². The number of nitrogens with one attached hydrogen (secondary N) is 1. The fraction of sp³-hybridized carbons (Fsp3) is 0.200. The lowest BCUT2D eigenvalue weighted by Gasteiger charge is -2.02. The van der Waals surface area contributed by atoms with Crippen molar-refractivity contribution in [2.24, 2.45) is 0 Å². The Morgan fingerprint density at radius 3 is 3.07 bits per heavy atom. The van der Waals surface area contributed by atoms with E-state index in [0.29, 0.717) is 21.7 Å². The SMILES string of the molecule is CC#CCNC(=O)c1cnc(Cl)c(Br)c1. The van der Waals surface area contributed by atoms with E-state index < -0.39 is 0 Å². The number of hydrogen-bond acceptors (Lipinski definition) is 2. The molecule has 0 atom stereocenters. The molecular formula is C10H8BrClN2O. The van der Waals surface area contributed by atoms with E-state index in [9.17, 15) is 4.79 Å².